The standard InChI is InChI=1S/C23H30F4N4O4/c1-3-35-22(34)31-16-9-17(30-21(33)19(28)18(12-4-5-12)13-6-7-13)15(24)8-14(16)11(2)20(32)29-10-23(25,26)27/h8-9,11-13,18-19H,3-7,10,28H2,1-2H3,(H,29,32)(H,30,33)(H,31,34)/t11-,19+/m1/s1. The van der Waals surface area contributed by atoms with Crippen molar-refractivity contribution in [1.82, 2.24) is 5.32 Å². The van der Waals surface area contributed by atoms with Crippen molar-refractivity contribution in [2.75, 3.05) is 23.8 Å². The zero-order chi connectivity index (χ0) is 25.9. The van der Waals surface area contributed by atoms with Gasteiger partial charge in [-0.2, -0.15) is 13.2 Å². The summed E-state index contributed by atoms with van der Waals surface area (Å²) in [6.07, 6.45) is -1.52. The lowest BCUT2D eigenvalue weighted by Gasteiger charge is -2.24. The van der Waals surface area contributed by atoms with Gasteiger partial charge in [0.1, 0.15) is 12.4 Å². The van der Waals surface area contributed by atoms with Crippen LogP contribution in [0.1, 0.15) is 51.0 Å². The summed E-state index contributed by atoms with van der Waals surface area (Å²) in [5.74, 6) is -3.00. The normalized spacial score (nSPS) is 17.5. The van der Waals surface area contributed by atoms with Crippen LogP contribution in [0.5, 0.6) is 0 Å². The molecule has 0 radical (unpaired) electrons. The Morgan fingerprint density at radius 3 is 2.17 bits per heavy atom. The fraction of sp³-hybridized carbons (Fsp3) is 0.609. The summed E-state index contributed by atoms with van der Waals surface area (Å²) in [5.41, 5.74) is 5.75. The first kappa shape index (κ1) is 26.7. The maximum atomic E-state index is 15.0. The van der Waals surface area contributed by atoms with Gasteiger partial charge in [-0.3, -0.25) is 14.9 Å². The highest BCUT2D eigenvalue weighted by Crippen LogP contribution is 2.50. The third kappa shape index (κ3) is 7.30. The average molecular weight is 503 g/mol. The van der Waals surface area contributed by atoms with E-state index in [1.165, 1.54) is 6.92 Å². The Bertz CT molecular complexity index is 952. The third-order valence-corrected chi connectivity index (χ3v) is 6.28. The molecule has 0 spiro atoms. The zero-order valence-electron chi connectivity index (χ0n) is 19.5. The zero-order valence-corrected chi connectivity index (χ0v) is 19.5. The van der Waals surface area contributed by atoms with E-state index in [0.29, 0.717) is 11.8 Å². The van der Waals surface area contributed by atoms with Crippen LogP contribution < -0.4 is 21.7 Å². The molecule has 2 atom stereocenters. The maximum Gasteiger partial charge on any atom is 0.411 e. The van der Waals surface area contributed by atoms with Gasteiger partial charge in [0.15, 0.2) is 0 Å². The van der Waals surface area contributed by atoms with Crippen LogP contribution in [-0.2, 0) is 14.3 Å². The summed E-state index contributed by atoms with van der Waals surface area (Å²) in [6, 6.07) is 1.16. The van der Waals surface area contributed by atoms with E-state index < -0.39 is 48.4 Å². The van der Waals surface area contributed by atoms with Gasteiger partial charge in [0, 0.05) is 0 Å². The van der Waals surface area contributed by atoms with E-state index in [2.05, 4.69) is 10.6 Å². The minimum atomic E-state index is -4.63. The molecule has 12 heteroatoms. The number of amides is 3. The molecule has 35 heavy (non-hydrogen) atoms. The van der Waals surface area contributed by atoms with Gasteiger partial charge in [0.05, 0.1) is 29.9 Å². The van der Waals surface area contributed by atoms with Gasteiger partial charge in [-0.25, -0.2) is 9.18 Å². The summed E-state index contributed by atoms with van der Waals surface area (Å²) in [5, 5.41) is 6.55. The highest BCUT2D eigenvalue weighted by atomic mass is 19.4. The summed E-state index contributed by atoms with van der Waals surface area (Å²) in [7, 11) is 0. The van der Waals surface area contributed by atoms with Crippen LogP contribution in [0, 0.1) is 23.6 Å². The number of hydrogen-bond acceptors (Lipinski definition) is 5. The monoisotopic (exact) mass is 502 g/mol. The van der Waals surface area contributed by atoms with Crippen molar-refractivity contribution < 1.29 is 36.7 Å². The minimum Gasteiger partial charge on any atom is -0.450 e. The van der Waals surface area contributed by atoms with Gasteiger partial charge in [-0.1, -0.05) is 0 Å². The summed E-state index contributed by atoms with van der Waals surface area (Å²) in [6.45, 7) is 1.28. The molecule has 1 aromatic rings. The first-order valence-electron chi connectivity index (χ1n) is 11.6. The molecule has 2 aliphatic rings. The second-order valence-corrected chi connectivity index (χ2v) is 9.09. The maximum absolute atomic E-state index is 15.0. The van der Waals surface area contributed by atoms with Crippen molar-refractivity contribution >= 4 is 29.3 Å². The van der Waals surface area contributed by atoms with Crippen molar-refractivity contribution in [3.8, 4) is 0 Å². The van der Waals surface area contributed by atoms with E-state index in [-0.39, 0.29) is 29.5 Å². The number of ether oxygens (including phenoxy) is 1. The largest absolute Gasteiger partial charge is 0.450 e. The Labute approximate surface area is 200 Å². The second kappa shape index (κ2) is 10.8. The smallest absolute Gasteiger partial charge is 0.411 e. The number of benzene rings is 1. The highest BCUT2D eigenvalue weighted by molar-refractivity contribution is 5.97. The summed E-state index contributed by atoms with van der Waals surface area (Å²) in [4.78, 5) is 37.1. The summed E-state index contributed by atoms with van der Waals surface area (Å²) < 4.78 is 57.3. The van der Waals surface area contributed by atoms with Crippen LogP contribution in [0.15, 0.2) is 12.1 Å². The molecule has 5 N–H and O–H groups in total. The predicted molar refractivity (Wildman–Crippen MR) is 120 cm³/mol. The molecule has 8 nitrogen and oxygen atoms in total. The van der Waals surface area contributed by atoms with Crippen molar-refractivity contribution in [2.24, 2.45) is 23.5 Å². The van der Waals surface area contributed by atoms with Gasteiger partial charge < -0.3 is 21.1 Å². The van der Waals surface area contributed by atoms with Gasteiger partial charge in [-0.15, -0.1) is 0 Å². The van der Waals surface area contributed by atoms with E-state index in [9.17, 15) is 31.9 Å². The third-order valence-electron chi connectivity index (χ3n) is 6.28. The second-order valence-electron chi connectivity index (χ2n) is 9.09. The van der Waals surface area contributed by atoms with Crippen LogP contribution in [0.3, 0.4) is 0 Å². The Balaban J connectivity index is 1.82. The lowest BCUT2D eigenvalue weighted by molar-refractivity contribution is -0.139. The van der Waals surface area contributed by atoms with E-state index >= 15 is 0 Å². The topological polar surface area (TPSA) is 123 Å². The average Bonchev–Trinajstić information content (AvgIpc) is 3.69. The fourth-order valence-electron chi connectivity index (χ4n) is 4.23. The first-order valence-corrected chi connectivity index (χ1v) is 11.6. The molecule has 0 saturated heterocycles. The Morgan fingerprint density at radius 1 is 1.06 bits per heavy atom. The molecule has 1 aromatic carbocycles. The number of nitrogens with two attached hydrogens (primary N) is 1. The molecule has 0 aliphatic heterocycles. The molecule has 3 amide bonds. The Kier molecular flexibility index (Phi) is 8.24. The van der Waals surface area contributed by atoms with E-state index in [1.807, 2.05) is 0 Å². The molecule has 194 valence electrons. The number of nitrogens with one attached hydrogen (secondary N) is 3. The van der Waals surface area contributed by atoms with E-state index in [1.54, 1.807) is 12.2 Å². The van der Waals surface area contributed by atoms with E-state index in [0.717, 1.165) is 37.8 Å². The number of halogens is 4. The van der Waals surface area contributed by atoms with Crippen LogP contribution >= 0.6 is 0 Å². The molecule has 0 bridgehead atoms. The molecular weight excluding hydrogens is 472 g/mol. The van der Waals surface area contributed by atoms with Crippen molar-refractivity contribution in [1.29, 1.82) is 0 Å². The fourth-order valence-corrected chi connectivity index (χ4v) is 4.23. The number of anilines is 2. The summed E-state index contributed by atoms with van der Waals surface area (Å²) >= 11 is 0. The van der Waals surface area contributed by atoms with Gasteiger partial charge in [0.2, 0.25) is 11.8 Å². The van der Waals surface area contributed by atoms with Gasteiger partial charge >= 0.3 is 12.3 Å². The predicted octanol–water partition coefficient (Wildman–Crippen LogP) is 3.88. The number of rotatable bonds is 10. The molecule has 2 saturated carbocycles. The molecule has 0 aromatic heterocycles. The lowest BCUT2D eigenvalue weighted by atomic mass is 9.89. The van der Waals surface area contributed by atoms with Crippen LogP contribution in [-0.4, -0.2) is 43.3 Å². The number of carbonyl (C=O) groups excluding carboxylic acids is 3. The van der Waals surface area contributed by atoms with Crippen molar-refractivity contribution in [3.63, 3.8) is 0 Å². The molecular formula is C23H30F4N4O4. The molecule has 0 unspecified atom stereocenters. The lowest BCUT2D eigenvalue weighted by Crippen LogP contribution is -2.44. The number of alkyl halides is 3. The molecule has 3 rings (SSSR count). The quantitative estimate of drug-likeness (QED) is 0.362. The number of hydrogen-bond donors (Lipinski definition) is 4. The van der Waals surface area contributed by atoms with Gasteiger partial charge in [-0.05, 0) is 75.0 Å². The van der Waals surface area contributed by atoms with Crippen molar-refractivity contribution in [2.45, 2.75) is 57.7 Å². The minimum absolute atomic E-state index is 0.0200. The van der Waals surface area contributed by atoms with Crippen molar-refractivity contribution in [3.05, 3.63) is 23.5 Å². The highest BCUT2D eigenvalue weighted by Gasteiger charge is 2.46. The van der Waals surface area contributed by atoms with E-state index in [4.69, 9.17) is 10.5 Å². The Hall–Kier alpha value is -2.89. The SMILES string of the molecule is CCOC(=O)Nc1cc(NC(=O)[C@@H](N)C(C2CC2)C2CC2)c(F)cc1[C@@H](C)C(=O)NCC(F)(F)F. The number of carbonyl (C=O) groups is 3. The van der Waals surface area contributed by atoms with Crippen LogP contribution in [0.25, 0.3) is 0 Å². The first-order chi connectivity index (χ1) is 16.4. The molecule has 0 heterocycles. The Morgan fingerprint density at radius 2 is 1.66 bits per heavy atom. The molecule has 2 aliphatic carbocycles. The van der Waals surface area contributed by atoms with Gasteiger partial charge in [0.25, 0.3) is 0 Å². The van der Waals surface area contributed by atoms with Crippen LogP contribution in [0.2, 0.25) is 0 Å². The van der Waals surface area contributed by atoms with Crippen LogP contribution in [0.4, 0.5) is 33.7 Å². The molecule has 2 fully saturated rings.